The maximum Gasteiger partial charge on any atom is 0.258 e. The lowest BCUT2D eigenvalue weighted by Gasteiger charge is -2.12. The third-order valence-electron chi connectivity index (χ3n) is 3.86. The Morgan fingerprint density at radius 2 is 1.90 bits per heavy atom. The molecule has 1 fully saturated rings. The van der Waals surface area contributed by atoms with Crippen LogP contribution in [0, 0.1) is 0 Å². The molecule has 1 aliphatic rings. The lowest BCUT2D eigenvalue weighted by molar-refractivity contribution is -0.123. The van der Waals surface area contributed by atoms with Crippen molar-refractivity contribution in [3.05, 3.63) is 40.9 Å². The van der Waals surface area contributed by atoms with Crippen molar-refractivity contribution in [3.63, 3.8) is 0 Å². The molecule has 0 heterocycles. The summed E-state index contributed by atoms with van der Waals surface area (Å²) in [5.41, 5.74) is 0. The van der Waals surface area contributed by atoms with Crippen LogP contribution in [-0.4, -0.2) is 18.6 Å². The summed E-state index contributed by atoms with van der Waals surface area (Å²) in [7, 11) is 0. The number of carbonyl (C=O) groups is 1. The average Bonchev–Trinajstić information content (AvgIpc) is 2.97. The average molecular weight is 348 g/mol. The van der Waals surface area contributed by atoms with Crippen LogP contribution in [0.2, 0.25) is 0 Å². The SMILES string of the molecule is O=C(COc1ccc2ccc(Br)cc2c1)NC1CCCC1. The van der Waals surface area contributed by atoms with E-state index in [0.29, 0.717) is 6.04 Å². The number of fused-ring (bicyclic) bond motifs is 1. The van der Waals surface area contributed by atoms with Crippen molar-refractivity contribution >= 4 is 32.6 Å². The number of benzene rings is 2. The molecule has 1 N–H and O–H groups in total. The number of halogens is 1. The minimum atomic E-state index is -0.0313. The normalized spacial score (nSPS) is 15.3. The van der Waals surface area contributed by atoms with Crippen LogP contribution in [0.15, 0.2) is 40.9 Å². The van der Waals surface area contributed by atoms with Crippen molar-refractivity contribution in [2.24, 2.45) is 0 Å². The lowest BCUT2D eigenvalue weighted by Crippen LogP contribution is -2.36. The van der Waals surface area contributed by atoms with E-state index in [1.807, 2.05) is 30.3 Å². The molecule has 1 aliphatic carbocycles. The van der Waals surface area contributed by atoms with E-state index in [2.05, 4.69) is 27.3 Å². The van der Waals surface area contributed by atoms with Crippen molar-refractivity contribution in [1.82, 2.24) is 5.32 Å². The molecule has 110 valence electrons. The number of hydrogen-bond donors (Lipinski definition) is 1. The second-order valence-corrected chi connectivity index (χ2v) is 6.41. The Hall–Kier alpha value is -1.55. The summed E-state index contributed by atoms with van der Waals surface area (Å²) in [6.45, 7) is 0.0794. The molecule has 21 heavy (non-hydrogen) atoms. The number of hydrogen-bond acceptors (Lipinski definition) is 2. The number of ether oxygens (including phenoxy) is 1. The predicted molar refractivity (Wildman–Crippen MR) is 87.5 cm³/mol. The first-order chi connectivity index (χ1) is 10.2. The number of carbonyl (C=O) groups excluding carboxylic acids is 1. The van der Waals surface area contributed by atoms with Crippen LogP contribution in [0.25, 0.3) is 10.8 Å². The van der Waals surface area contributed by atoms with Gasteiger partial charge in [0.15, 0.2) is 6.61 Å². The highest BCUT2D eigenvalue weighted by Crippen LogP contribution is 2.24. The van der Waals surface area contributed by atoms with Crippen molar-refractivity contribution in [1.29, 1.82) is 0 Å². The Balaban J connectivity index is 1.60. The van der Waals surface area contributed by atoms with E-state index in [1.54, 1.807) is 0 Å². The first-order valence-corrected chi connectivity index (χ1v) is 8.11. The van der Waals surface area contributed by atoms with Crippen LogP contribution in [0.1, 0.15) is 25.7 Å². The van der Waals surface area contributed by atoms with E-state index in [-0.39, 0.29) is 12.5 Å². The number of rotatable bonds is 4. The first kappa shape index (κ1) is 14.4. The van der Waals surface area contributed by atoms with E-state index in [1.165, 1.54) is 12.8 Å². The van der Waals surface area contributed by atoms with Crippen LogP contribution in [0.4, 0.5) is 0 Å². The smallest absolute Gasteiger partial charge is 0.258 e. The van der Waals surface area contributed by atoms with E-state index in [9.17, 15) is 4.79 Å². The largest absolute Gasteiger partial charge is 0.484 e. The molecule has 0 bridgehead atoms. The molecule has 0 atom stereocenters. The third kappa shape index (κ3) is 3.76. The third-order valence-corrected chi connectivity index (χ3v) is 4.36. The Kier molecular flexibility index (Phi) is 4.44. The summed E-state index contributed by atoms with van der Waals surface area (Å²) in [5.74, 6) is 0.693. The van der Waals surface area contributed by atoms with Crippen LogP contribution < -0.4 is 10.1 Å². The highest BCUT2D eigenvalue weighted by atomic mass is 79.9. The predicted octanol–water partition coefficient (Wildman–Crippen LogP) is 4.04. The van der Waals surface area contributed by atoms with Gasteiger partial charge in [-0.3, -0.25) is 4.79 Å². The first-order valence-electron chi connectivity index (χ1n) is 7.32. The van der Waals surface area contributed by atoms with Crippen molar-refractivity contribution in [2.45, 2.75) is 31.7 Å². The summed E-state index contributed by atoms with van der Waals surface area (Å²) < 4.78 is 6.63. The molecule has 3 rings (SSSR count). The zero-order valence-corrected chi connectivity index (χ0v) is 13.4. The summed E-state index contributed by atoms with van der Waals surface area (Å²) in [6.07, 6.45) is 4.61. The molecule has 0 unspecified atom stereocenters. The fourth-order valence-corrected chi connectivity index (χ4v) is 3.15. The van der Waals surface area contributed by atoms with Gasteiger partial charge in [0, 0.05) is 10.5 Å². The molecule has 2 aromatic carbocycles. The van der Waals surface area contributed by atoms with Crippen molar-refractivity contribution in [3.8, 4) is 5.75 Å². The summed E-state index contributed by atoms with van der Waals surface area (Å²) in [4.78, 5) is 11.8. The summed E-state index contributed by atoms with van der Waals surface area (Å²) in [5, 5.41) is 5.27. The molecule has 4 heteroatoms. The molecule has 0 aliphatic heterocycles. The zero-order chi connectivity index (χ0) is 14.7. The maximum absolute atomic E-state index is 11.8. The van der Waals surface area contributed by atoms with Gasteiger partial charge in [-0.25, -0.2) is 0 Å². The Morgan fingerprint density at radius 1 is 1.14 bits per heavy atom. The highest BCUT2D eigenvalue weighted by Gasteiger charge is 2.17. The minimum Gasteiger partial charge on any atom is -0.484 e. The quantitative estimate of drug-likeness (QED) is 0.906. The number of amides is 1. The van der Waals surface area contributed by atoms with Gasteiger partial charge in [-0.05, 0) is 47.9 Å². The van der Waals surface area contributed by atoms with Gasteiger partial charge in [0.1, 0.15) is 5.75 Å². The fourth-order valence-electron chi connectivity index (χ4n) is 2.77. The zero-order valence-electron chi connectivity index (χ0n) is 11.8. The van der Waals surface area contributed by atoms with E-state index < -0.39 is 0 Å². The molecule has 1 saturated carbocycles. The second-order valence-electron chi connectivity index (χ2n) is 5.49. The lowest BCUT2D eigenvalue weighted by atomic mass is 10.1. The molecule has 0 aromatic heterocycles. The van der Waals surface area contributed by atoms with Crippen LogP contribution >= 0.6 is 15.9 Å². The van der Waals surface area contributed by atoms with Crippen LogP contribution in [-0.2, 0) is 4.79 Å². The molecular weight excluding hydrogens is 330 g/mol. The van der Waals surface area contributed by atoms with Crippen LogP contribution in [0.5, 0.6) is 5.75 Å². The van der Waals surface area contributed by atoms with Gasteiger partial charge in [0.2, 0.25) is 0 Å². The molecular formula is C17H18BrNO2. The Bertz CT molecular complexity index is 650. The van der Waals surface area contributed by atoms with Gasteiger partial charge < -0.3 is 10.1 Å². The fraction of sp³-hybridized carbons (Fsp3) is 0.353. The second kappa shape index (κ2) is 6.48. The molecule has 1 amide bonds. The Labute approximate surface area is 132 Å². The topological polar surface area (TPSA) is 38.3 Å². The molecule has 0 radical (unpaired) electrons. The molecule has 3 nitrogen and oxygen atoms in total. The monoisotopic (exact) mass is 347 g/mol. The van der Waals surface area contributed by atoms with Crippen molar-refractivity contribution < 1.29 is 9.53 Å². The van der Waals surface area contributed by atoms with Gasteiger partial charge in [0.25, 0.3) is 5.91 Å². The van der Waals surface area contributed by atoms with Gasteiger partial charge >= 0.3 is 0 Å². The molecule has 0 spiro atoms. The van der Waals surface area contributed by atoms with Gasteiger partial charge in [-0.1, -0.05) is 40.9 Å². The summed E-state index contributed by atoms with van der Waals surface area (Å²) >= 11 is 3.46. The van der Waals surface area contributed by atoms with Crippen molar-refractivity contribution in [2.75, 3.05) is 6.61 Å². The number of nitrogens with one attached hydrogen (secondary N) is 1. The van der Waals surface area contributed by atoms with Crippen LogP contribution in [0.3, 0.4) is 0 Å². The molecule has 0 saturated heterocycles. The highest BCUT2D eigenvalue weighted by molar-refractivity contribution is 9.10. The van der Waals surface area contributed by atoms with E-state index in [0.717, 1.165) is 33.8 Å². The standard InChI is InChI=1S/C17H18BrNO2/c18-14-7-5-12-6-8-16(10-13(12)9-14)21-11-17(20)19-15-3-1-2-4-15/h5-10,15H,1-4,11H2,(H,19,20). The van der Waals surface area contributed by atoms with Gasteiger partial charge in [-0.15, -0.1) is 0 Å². The Morgan fingerprint density at radius 3 is 2.71 bits per heavy atom. The van der Waals surface area contributed by atoms with E-state index in [4.69, 9.17) is 4.74 Å². The minimum absolute atomic E-state index is 0.0313. The molecule has 2 aromatic rings. The van der Waals surface area contributed by atoms with Gasteiger partial charge in [-0.2, -0.15) is 0 Å². The van der Waals surface area contributed by atoms with Gasteiger partial charge in [0.05, 0.1) is 0 Å². The van der Waals surface area contributed by atoms with E-state index >= 15 is 0 Å². The maximum atomic E-state index is 11.8. The summed E-state index contributed by atoms with van der Waals surface area (Å²) in [6, 6.07) is 12.3.